The van der Waals surface area contributed by atoms with E-state index in [1.54, 1.807) is 23.3 Å². The van der Waals surface area contributed by atoms with Gasteiger partial charge in [-0.25, -0.2) is 4.98 Å². The van der Waals surface area contributed by atoms with Crippen molar-refractivity contribution < 1.29 is 14.3 Å². The first-order chi connectivity index (χ1) is 13.7. The highest BCUT2D eigenvalue weighted by Crippen LogP contribution is 2.31. The normalized spacial score (nSPS) is 16.4. The number of amides is 1. The molecule has 4 rings (SSSR count). The van der Waals surface area contributed by atoms with E-state index in [-0.39, 0.29) is 12.0 Å². The number of hydrogen-bond acceptors (Lipinski definition) is 6. The number of ether oxygens (including phenoxy) is 2. The Labute approximate surface area is 172 Å². The number of aromatic nitrogens is 1. The third kappa shape index (κ3) is 4.48. The maximum atomic E-state index is 13.1. The molecule has 1 unspecified atom stereocenters. The van der Waals surface area contributed by atoms with Crippen molar-refractivity contribution in [1.82, 2.24) is 4.98 Å². The van der Waals surface area contributed by atoms with Crippen LogP contribution in [0.2, 0.25) is 0 Å². The molecule has 0 aliphatic carbocycles. The molecule has 1 saturated heterocycles. The first kappa shape index (κ1) is 19.2. The smallest absolute Gasteiger partial charge is 0.239 e. The predicted molar refractivity (Wildman–Crippen MR) is 115 cm³/mol. The van der Waals surface area contributed by atoms with Crippen LogP contribution in [0.5, 0.6) is 5.75 Å². The zero-order chi connectivity index (χ0) is 19.3. The van der Waals surface area contributed by atoms with Crippen LogP contribution in [0.3, 0.4) is 0 Å². The van der Waals surface area contributed by atoms with Gasteiger partial charge < -0.3 is 9.47 Å². The Hall–Kier alpha value is -2.09. The van der Waals surface area contributed by atoms with Crippen molar-refractivity contribution in [2.45, 2.75) is 23.8 Å². The number of anilines is 1. The number of rotatable bonds is 7. The van der Waals surface area contributed by atoms with Gasteiger partial charge in [0, 0.05) is 11.5 Å². The predicted octanol–water partition coefficient (Wildman–Crippen LogP) is 4.61. The minimum absolute atomic E-state index is 0.0513. The zero-order valence-electron chi connectivity index (χ0n) is 15.7. The van der Waals surface area contributed by atoms with Crippen LogP contribution in [-0.4, -0.2) is 43.0 Å². The summed E-state index contributed by atoms with van der Waals surface area (Å²) < 4.78 is 12.1. The van der Waals surface area contributed by atoms with Crippen molar-refractivity contribution in [3.63, 3.8) is 0 Å². The van der Waals surface area contributed by atoms with Gasteiger partial charge in [-0.15, -0.1) is 11.8 Å². The molecule has 1 atom stereocenters. The number of fused-ring (bicyclic) bond motifs is 1. The topological polar surface area (TPSA) is 51.7 Å². The summed E-state index contributed by atoms with van der Waals surface area (Å²) in [6, 6.07) is 15.7. The standard InChI is InChI=1S/C21H22N2O3S2/c1-25-15-8-10-17(11-9-15)27-14-20(24)23(13-16-5-4-12-26-16)21-22-18-6-2-3-7-19(18)28-21/h2-3,6-11,16H,4-5,12-14H2,1H3. The lowest BCUT2D eigenvalue weighted by Gasteiger charge is -2.23. The summed E-state index contributed by atoms with van der Waals surface area (Å²) >= 11 is 3.08. The largest absolute Gasteiger partial charge is 0.497 e. The van der Waals surface area contributed by atoms with E-state index >= 15 is 0 Å². The van der Waals surface area contributed by atoms with Crippen molar-refractivity contribution in [3.8, 4) is 5.75 Å². The van der Waals surface area contributed by atoms with Crippen LogP contribution in [-0.2, 0) is 9.53 Å². The minimum atomic E-state index is 0.0513. The Morgan fingerprint density at radius 3 is 2.82 bits per heavy atom. The lowest BCUT2D eigenvalue weighted by atomic mass is 10.2. The molecule has 1 aromatic heterocycles. The summed E-state index contributed by atoms with van der Waals surface area (Å²) in [5.41, 5.74) is 0.926. The SMILES string of the molecule is COc1ccc(SCC(=O)N(CC2CCCO2)c2nc3ccccc3s2)cc1. The average Bonchev–Trinajstić information content (AvgIpc) is 3.40. The summed E-state index contributed by atoms with van der Waals surface area (Å²) in [5.74, 6) is 1.22. The molecule has 7 heteroatoms. The highest BCUT2D eigenvalue weighted by atomic mass is 32.2. The maximum Gasteiger partial charge on any atom is 0.239 e. The van der Waals surface area contributed by atoms with Crippen LogP contribution in [0.15, 0.2) is 53.4 Å². The molecular formula is C21H22N2O3S2. The van der Waals surface area contributed by atoms with Crippen molar-refractivity contribution in [2.75, 3.05) is 30.9 Å². The number of carbonyl (C=O) groups is 1. The van der Waals surface area contributed by atoms with Gasteiger partial charge in [0.25, 0.3) is 0 Å². The number of nitrogens with zero attached hydrogens (tertiary/aromatic N) is 2. The van der Waals surface area contributed by atoms with Crippen LogP contribution in [0.25, 0.3) is 10.2 Å². The zero-order valence-corrected chi connectivity index (χ0v) is 17.3. The highest BCUT2D eigenvalue weighted by molar-refractivity contribution is 8.00. The fraction of sp³-hybridized carbons (Fsp3) is 0.333. The first-order valence-electron chi connectivity index (χ1n) is 9.27. The monoisotopic (exact) mass is 414 g/mol. The molecule has 1 aliphatic heterocycles. The Balaban J connectivity index is 1.50. The van der Waals surface area contributed by atoms with E-state index in [0.717, 1.165) is 45.4 Å². The number of hydrogen-bond donors (Lipinski definition) is 0. The second kappa shape index (κ2) is 8.94. The van der Waals surface area contributed by atoms with Gasteiger partial charge in [0.2, 0.25) is 5.91 Å². The molecule has 1 fully saturated rings. The van der Waals surface area contributed by atoms with Gasteiger partial charge in [0.1, 0.15) is 5.75 Å². The van der Waals surface area contributed by atoms with Crippen molar-refractivity contribution in [1.29, 1.82) is 0 Å². The van der Waals surface area contributed by atoms with Crippen molar-refractivity contribution in [2.24, 2.45) is 0 Å². The Morgan fingerprint density at radius 1 is 1.29 bits per heavy atom. The summed E-state index contributed by atoms with van der Waals surface area (Å²) in [6.07, 6.45) is 2.12. The minimum Gasteiger partial charge on any atom is -0.497 e. The third-order valence-corrected chi connectivity index (χ3v) is 6.70. The molecule has 146 valence electrons. The van der Waals surface area contributed by atoms with Gasteiger partial charge in [-0.1, -0.05) is 23.5 Å². The van der Waals surface area contributed by atoms with Gasteiger partial charge in [0.05, 0.1) is 35.7 Å². The summed E-state index contributed by atoms with van der Waals surface area (Å²) in [4.78, 5) is 20.6. The fourth-order valence-electron chi connectivity index (χ4n) is 3.15. The molecule has 2 heterocycles. The average molecular weight is 415 g/mol. The number of para-hydroxylation sites is 1. The first-order valence-corrected chi connectivity index (χ1v) is 11.1. The summed E-state index contributed by atoms with van der Waals surface area (Å²) in [5, 5.41) is 0.747. The molecule has 1 amide bonds. The van der Waals surface area contributed by atoms with Crippen LogP contribution in [0.4, 0.5) is 5.13 Å². The molecule has 1 aliphatic rings. The molecular weight excluding hydrogens is 392 g/mol. The molecule has 0 bridgehead atoms. The van der Waals surface area contributed by atoms with Crippen LogP contribution < -0.4 is 9.64 Å². The number of thioether (sulfide) groups is 1. The number of benzene rings is 2. The second-order valence-electron chi connectivity index (χ2n) is 6.57. The number of thiazole rings is 1. The lowest BCUT2D eigenvalue weighted by Crippen LogP contribution is -2.38. The van der Waals surface area contributed by atoms with Crippen LogP contribution in [0, 0.1) is 0 Å². The van der Waals surface area contributed by atoms with E-state index in [0.29, 0.717) is 12.3 Å². The Morgan fingerprint density at radius 2 is 2.11 bits per heavy atom. The van der Waals surface area contributed by atoms with Crippen molar-refractivity contribution in [3.05, 3.63) is 48.5 Å². The molecule has 5 nitrogen and oxygen atoms in total. The van der Waals surface area contributed by atoms with Gasteiger partial charge in [-0.3, -0.25) is 9.69 Å². The molecule has 28 heavy (non-hydrogen) atoms. The van der Waals surface area contributed by atoms with Crippen molar-refractivity contribution >= 4 is 44.4 Å². The van der Waals surface area contributed by atoms with Gasteiger partial charge in [0.15, 0.2) is 5.13 Å². The Bertz CT molecular complexity index is 903. The van der Waals surface area contributed by atoms with E-state index in [4.69, 9.17) is 14.5 Å². The van der Waals surface area contributed by atoms with E-state index in [1.165, 1.54) is 11.8 Å². The van der Waals surface area contributed by atoms with Gasteiger partial charge >= 0.3 is 0 Å². The summed E-state index contributed by atoms with van der Waals surface area (Å²) in [7, 11) is 1.65. The lowest BCUT2D eigenvalue weighted by molar-refractivity contribution is -0.116. The van der Waals surface area contributed by atoms with Crippen LogP contribution in [0.1, 0.15) is 12.8 Å². The molecule has 3 aromatic rings. The number of carbonyl (C=O) groups excluding carboxylic acids is 1. The Kier molecular flexibility index (Phi) is 6.14. The van der Waals surface area contributed by atoms with E-state index in [1.807, 2.05) is 48.5 Å². The number of methoxy groups -OCH3 is 1. The van der Waals surface area contributed by atoms with Gasteiger partial charge in [-0.2, -0.15) is 0 Å². The van der Waals surface area contributed by atoms with Crippen LogP contribution >= 0.6 is 23.1 Å². The third-order valence-electron chi connectivity index (χ3n) is 4.65. The molecule has 0 radical (unpaired) electrons. The van der Waals surface area contributed by atoms with Gasteiger partial charge in [-0.05, 0) is 49.2 Å². The maximum absolute atomic E-state index is 13.1. The fourth-order valence-corrected chi connectivity index (χ4v) is 4.92. The van der Waals surface area contributed by atoms with E-state index < -0.39 is 0 Å². The molecule has 2 aromatic carbocycles. The molecule has 0 spiro atoms. The molecule has 0 N–H and O–H groups in total. The summed E-state index contributed by atoms with van der Waals surface area (Å²) in [6.45, 7) is 1.33. The second-order valence-corrected chi connectivity index (χ2v) is 8.63. The van der Waals surface area contributed by atoms with E-state index in [9.17, 15) is 4.79 Å². The quantitative estimate of drug-likeness (QED) is 0.529. The molecule has 0 saturated carbocycles. The highest BCUT2D eigenvalue weighted by Gasteiger charge is 2.26. The van der Waals surface area contributed by atoms with E-state index in [2.05, 4.69) is 0 Å².